The van der Waals surface area contributed by atoms with Crippen molar-refractivity contribution in [3.05, 3.63) is 34.9 Å². The molecule has 0 bridgehead atoms. The molecule has 0 spiro atoms. The minimum Gasteiger partial charge on any atom is -0.487 e. The minimum absolute atomic E-state index is 0. The van der Waals surface area contributed by atoms with Crippen molar-refractivity contribution in [2.45, 2.75) is 90.6 Å². The first-order valence-electron chi connectivity index (χ1n) is 12.6. The summed E-state index contributed by atoms with van der Waals surface area (Å²) in [6, 6.07) is 4.06. The number of carbonyl (C=O) groups excluding carboxylic acids is 1. The Balaban J connectivity index is 0.00000342. The molecule has 0 fully saturated rings. The van der Waals surface area contributed by atoms with Crippen LogP contribution in [-0.4, -0.2) is 34.8 Å². The van der Waals surface area contributed by atoms with Crippen molar-refractivity contribution < 1.29 is 37.9 Å². The number of allylic oxidation sites excluding steroid dienone is 2. The van der Waals surface area contributed by atoms with E-state index in [1.54, 1.807) is 0 Å². The highest BCUT2D eigenvalue weighted by atomic mass is 31.2. The zero-order valence-corrected chi connectivity index (χ0v) is 23.6. The van der Waals surface area contributed by atoms with E-state index in [0.29, 0.717) is 18.6 Å². The Morgan fingerprint density at radius 2 is 1.84 bits per heavy atom. The third-order valence-corrected chi connectivity index (χ3v) is 7.35. The number of unbranched alkanes of at least 4 members (excludes halogenated alkanes) is 3. The smallest absolute Gasteiger partial charge is 0.487 e. The molecule has 0 unspecified atom stereocenters. The quantitative estimate of drug-likeness (QED) is 0.0763. The zero-order chi connectivity index (χ0) is 25.6. The van der Waals surface area contributed by atoms with E-state index in [0.717, 1.165) is 55.4 Å². The molecule has 0 aromatic heterocycles. The molecule has 1 aromatic carbocycles. The van der Waals surface area contributed by atoms with E-state index in [1.165, 1.54) is 5.57 Å². The summed E-state index contributed by atoms with van der Waals surface area (Å²) in [5, 5.41) is 0. The maximum atomic E-state index is 12.6. The van der Waals surface area contributed by atoms with Gasteiger partial charge < -0.3 is 36.3 Å². The van der Waals surface area contributed by atoms with E-state index in [-0.39, 0.29) is 43.0 Å². The van der Waals surface area contributed by atoms with Crippen LogP contribution in [0.15, 0.2) is 23.8 Å². The fourth-order valence-electron chi connectivity index (χ4n) is 5.07. The van der Waals surface area contributed by atoms with Gasteiger partial charge in [0.05, 0.1) is 13.2 Å². The van der Waals surface area contributed by atoms with Crippen molar-refractivity contribution in [3.8, 4) is 11.5 Å². The fraction of sp³-hybridized carbons (Fsp3) is 0.654. The average Bonchev–Trinajstić information content (AvgIpc) is 2.74. The summed E-state index contributed by atoms with van der Waals surface area (Å²) in [7, 11) is -4.48. The predicted molar refractivity (Wildman–Crippen MR) is 143 cm³/mol. The van der Waals surface area contributed by atoms with Gasteiger partial charge in [-0.3, -0.25) is 4.52 Å². The number of phosphoric ester groups is 1. The molecule has 1 aliphatic heterocycles. The molecule has 3 rings (SSSR count). The molecular formula is C26H45N2O8P. The van der Waals surface area contributed by atoms with Crippen molar-refractivity contribution in [2.75, 3.05) is 13.2 Å². The summed E-state index contributed by atoms with van der Waals surface area (Å²) >= 11 is 0. The van der Waals surface area contributed by atoms with Gasteiger partial charge in [0.2, 0.25) is 0 Å². The van der Waals surface area contributed by atoms with Crippen LogP contribution in [0.4, 0.5) is 4.79 Å². The number of rotatable bonds is 11. The van der Waals surface area contributed by atoms with Crippen LogP contribution in [0.25, 0.3) is 0 Å². The lowest BCUT2D eigenvalue weighted by atomic mass is 9.67. The SMILES string of the molecule is CCCCCc1cc(OC(=O)OCCCCOP(=O)(O)O)c2c(c1)OC(C)(C)[C@@H]1CC=C(C)C[C@@H]21.N.N. The summed E-state index contributed by atoms with van der Waals surface area (Å²) in [6.45, 7) is 8.54. The van der Waals surface area contributed by atoms with Crippen molar-refractivity contribution in [2.24, 2.45) is 5.92 Å². The Kier molecular flexibility index (Phi) is 12.8. The highest BCUT2D eigenvalue weighted by Crippen LogP contribution is 2.54. The number of hydrogen-bond acceptors (Lipinski definition) is 8. The zero-order valence-electron chi connectivity index (χ0n) is 22.7. The van der Waals surface area contributed by atoms with E-state index in [9.17, 15) is 9.36 Å². The molecule has 37 heavy (non-hydrogen) atoms. The van der Waals surface area contributed by atoms with Crippen molar-refractivity contribution in [1.29, 1.82) is 0 Å². The molecule has 1 aromatic rings. The van der Waals surface area contributed by atoms with Gasteiger partial charge in [0.1, 0.15) is 17.1 Å². The summed E-state index contributed by atoms with van der Waals surface area (Å²) in [4.78, 5) is 30.0. The Labute approximate surface area is 220 Å². The number of benzene rings is 1. The number of ether oxygens (including phenoxy) is 3. The molecule has 0 saturated heterocycles. The molecule has 10 nitrogen and oxygen atoms in total. The van der Waals surface area contributed by atoms with Gasteiger partial charge >= 0.3 is 14.0 Å². The first-order valence-corrected chi connectivity index (χ1v) is 14.1. The lowest BCUT2D eigenvalue weighted by Gasteiger charge is -2.47. The third-order valence-electron chi connectivity index (χ3n) is 6.83. The van der Waals surface area contributed by atoms with Crippen LogP contribution in [0.3, 0.4) is 0 Å². The van der Waals surface area contributed by atoms with Gasteiger partial charge in [-0.25, -0.2) is 9.36 Å². The highest BCUT2D eigenvalue weighted by Gasteiger charge is 2.46. The molecule has 1 heterocycles. The largest absolute Gasteiger partial charge is 0.513 e. The standard InChI is InChI=1S/C26H39O8P.2H3N/c1-5-6-7-10-19-16-22(33-25(27)31-13-8-9-14-32-35(28,29)30)24-20-15-18(2)11-12-21(20)26(3,4)34-23(24)17-19;;/h11,16-17,20-21H,5-10,12-15H2,1-4H3,(H2,28,29,30);2*1H3/t20-,21-;;/m1../s1. The van der Waals surface area contributed by atoms with E-state index < -0.39 is 14.0 Å². The van der Waals surface area contributed by atoms with Crippen LogP contribution in [0.2, 0.25) is 0 Å². The van der Waals surface area contributed by atoms with Crippen molar-refractivity contribution in [1.82, 2.24) is 12.3 Å². The number of fused-ring (bicyclic) bond motifs is 3. The van der Waals surface area contributed by atoms with E-state index >= 15 is 0 Å². The topological polar surface area (TPSA) is 182 Å². The summed E-state index contributed by atoms with van der Waals surface area (Å²) in [6.07, 6.45) is 8.22. The summed E-state index contributed by atoms with van der Waals surface area (Å²) < 4.78 is 32.6. The summed E-state index contributed by atoms with van der Waals surface area (Å²) in [5.41, 5.74) is 3.01. The molecule has 0 saturated carbocycles. The van der Waals surface area contributed by atoms with Crippen LogP contribution >= 0.6 is 7.82 Å². The number of phosphoric acid groups is 1. The molecule has 2 atom stereocenters. The monoisotopic (exact) mass is 544 g/mol. The molecule has 11 heteroatoms. The average molecular weight is 545 g/mol. The number of carbonyl (C=O) groups is 1. The second-order valence-corrected chi connectivity index (χ2v) is 11.3. The lowest BCUT2D eigenvalue weighted by Crippen LogP contribution is -2.45. The molecule has 212 valence electrons. The van der Waals surface area contributed by atoms with Gasteiger partial charge in [-0.2, -0.15) is 0 Å². The van der Waals surface area contributed by atoms with Gasteiger partial charge in [-0.15, -0.1) is 0 Å². The fourth-order valence-corrected chi connectivity index (χ4v) is 5.44. The highest BCUT2D eigenvalue weighted by molar-refractivity contribution is 7.46. The Bertz CT molecular complexity index is 976. The van der Waals surface area contributed by atoms with E-state index in [1.807, 2.05) is 6.07 Å². The third kappa shape index (κ3) is 9.39. The van der Waals surface area contributed by atoms with Gasteiger partial charge in [0.15, 0.2) is 0 Å². The number of aryl methyl sites for hydroxylation is 1. The Morgan fingerprint density at radius 3 is 2.51 bits per heavy atom. The van der Waals surface area contributed by atoms with Crippen LogP contribution in [0, 0.1) is 5.92 Å². The second kappa shape index (κ2) is 14.3. The van der Waals surface area contributed by atoms with Crippen molar-refractivity contribution in [3.63, 3.8) is 0 Å². The molecule has 8 N–H and O–H groups in total. The normalized spacial score (nSPS) is 19.7. The first-order chi connectivity index (χ1) is 16.5. The predicted octanol–water partition coefficient (Wildman–Crippen LogP) is 6.76. The van der Waals surface area contributed by atoms with Crippen LogP contribution < -0.4 is 21.8 Å². The maximum absolute atomic E-state index is 12.6. The second-order valence-electron chi connectivity index (χ2n) is 10.1. The summed E-state index contributed by atoms with van der Waals surface area (Å²) in [5.74, 6) is 1.76. The van der Waals surface area contributed by atoms with Crippen LogP contribution in [0.1, 0.15) is 89.7 Å². The molecule has 0 amide bonds. The van der Waals surface area contributed by atoms with Gasteiger partial charge in [-0.1, -0.05) is 31.4 Å². The van der Waals surface area contributed by atoms with E-state index in [4.69, 9.17) is 24.0 Å². The van der Waals surface area contributed by atoms with E-state index in [2.05, 4.69) is 44.4 Å². The van der Waals surface area contributed by atoms with Crippen molar-refractivity contribution >= 4 is 14.0 Å². The lowest BCUT2D eigenvalue weighted by molar-refractivity contribution is 0.00719. The van der Waals surface area contributed by atoms with Gasteiger partial charge in [0.25, 0.3) is 0 Å². The Hall–Kier alpha value is -1.94. The number of hydrogen-bond donors (Lipinski definition) is 4. The first kappa shape index (κ1) is 33.1. The Morgan fingerprint density at radius 1 is 1.14 bits per heavy atom. The van der Waals surface area contributed by atoms with Crippen LogP contribution in [-0.2, 0) is 20.2 Å². The van der Waals surface area contributed by atoms with Gasteiger partial charge in [0, 0.05) is 17.4 Å². The molecule has 0 radical (unpaired) electrons. The molecular weight excluding hydrogens is 499 g/mol. The maximum Gasteiger partial charge on any atom is 0.513 e. The van der Waals surface area contributed by atoms with Gasteiger partial charge in [-0.05, 0) is 77.0 Å². The molecule has 1 aliphatic carbocycles. The minimum atomic E-state index is -4.48. The van der Waals surface area contributed by atoms with Crippen LogP contribution in [0.5, 0.6) is 11.5 Å². The molecule has 2 aliphatic rings.